The summed E-state index contributed by atoms with van der Waals surface area (Å²) in [5.41, 5.74) is 2.83. The number of aryl methyl sites for hydroxylation is 1. The van der Waals surface area contributed by atoms with E-state index in [0.717, 1.165) is 26.0 Å². The van der Waals surface area contributed by atoms with E-state index in [9.17, 15) is 0 Å². The number of fused-ring (bicyclic) bond motifs is 1. The van der Waals surface area contributed by atoms with E-state index in [4.69, 9.17) is 4.74 Å². The van der Waals surface area contributed by atoms with Gasteiger partial charge >= 0.3 is 0 Å². The Morgan fingerprint density at radius 3 is 2.90 bits per heavy atom. The van der Waals surface area contributed by atoms with Gasteiger partial charge in [0.15, 0.2) is 0 Å². The summed E-state index contributed by atoms with van der Waals surface area (Å²) in [5.74, 6) is 0. The van der Waals surface area contributed by atoms with Crippen LogP contribution in [0.4, 0.5) is 0 Å². The van der Waals surface area contributed by atoms with Crippen LogP contribution in [-0.2, 0) is 11.2 Å². The monoisotopic (exact) mass is 301 g/mol. The van der Waals surface area contributed by atoms with Crippen LogP contribution >= 0.6 is 11.3 Å². The van der Waals surface area contributed by atoms with Crippen LogP contribution in [0.2, 0.25) is 0 Å². The zero-order valence-electron chi connectivity index (χ0n) is 12.8. The van der Waals surface area contributed by atoms with Gasteiger partial charge in [0, 0.05) is 15.8 Å². The summed E-state index contributed by atoms with van der Waals surface area (Å²) < 4.78 is 6.07. The smallest absolute Gasteiger partial charge is 0.0846 e. The third-order valence-corrected chi connectivity index (χ3v) is 5.21. The molecule has 0 saturated carbocycles. The van der Waals surface area contributed by atoms with Gasteiger partial charge in [-0.1, -0.05) is 31.2 Å². The van der Waals surface area contributed by atoms with Crippen LogP contribution in [0.25, 0.3) is 0 Å². The molecule has 21 heavy (non-hydrogen) atoms. The van der Waals surface area contributed by atoms with Crippen LogP contribution in [0.3, 0.4) is 0 Å². The van der Waals surface area contributed by atoms with Gasteiger partial charge in [0.1, 0.15) is 0 Å². The van der Waals surface area contributed by atoms with Gasteiger partial charge in [0.05, 0.1) is 12.7 Å². The highest BCUT2D eigenvalue weighted by Gasteiger charge is 2.25. The maximum Gasteiger partial charge on any atom is 0.0846 e. The highest BCUT2D eigenvalue weighted by Crippen LogP contribution is 2.36. The van der Waals surface area contributed by atoms with E-state index in [2.05, 4.69) is 55.6 Å². The largest absolute Gasteiger partial charge is 0.373 e. The van der Waals surface area contributed by atoms with Crippen molar-refractivity contribution in [2.45, 2.75) is 38.8 Å². The molecule has 2 atom stereocenters. The minimum Gasteiger partial charge on any atom is -0.373 e. The molecule has 0 radical (unpaired) electrons. The molecule has 0 aliphatic carbocycles. The fraction of sp³-hybridized carbons (Fsp3) is 0.444. The zero-order chi connectivity index (χ0) is 14.7. The van der Waals surface area contributed by atoms with Crippen LogP contribution < -0.4 is 5.32 Å². The van der Waals surface area contributed by atoms with E-state index < -0.39 is 0 Å². The van der Waals surface area contributed by atoms with Crippen LogP contribution in [0.15, 0.2) is 36.4 Å². The Morgan fingerprint density at radius 1 is 1.29 bits per heavy atom. The highest BCUT2D eigenvalue weighted by molar-refractivity contribution is 7.12. The van der Waals surface area contributed by atoms with E-state index in [1.165, 1.54) is 20.9 Å². The Hall–Kier alpha value is -1.16. The van der Waals surface area contributed by atoms with Crippen molar-refractivity contribution in [3.05, 3.63) is 57.3 Å². The molecule has 1 N–H and O–H groups in total. The first-order valence-electron chi connectivity index (χ1n) is 7.77. The summed E-state index contributed by atoms with van der Waals surface area (Å²) in [6, 6.07) is 13.6. The van der Waals surface area contributed by atoms with Crippen molar-refractivity contribution in [2.24, 2.45) is 0 Å². The van der Waals surface area contributed by atoms with Crippen LogP contribution in [0.5, 0.6) is 0 Å². The van der Waals surface area contributed by atoms with Gasteiger partial charge in [-0.15, -0.1) is 11.3 Å². The molecule has 1 aromatic carbocycles. The summed E-state index contributed by atoms with van der Waals surface area (Å²) in [6.07, 6.45) is 2.25. The summed E-state index contributed by atoms with van der Waals surface area (Å²) in [6.45, 7) is 6.16. The maximum atomic E-state index is 6.07. The molecular weight excluding hydrogens is 278 g/mol. The van der Waals surface area contributed by atoms with Crippen molar-refractivity contribution < 1.29 is 4.74 Å². The number of hydrogen-bond donors (Lipinski definition) is 1. The number of thiophene rings is 1. The topological polar surface area (TPSA) is 21.3 Å². The average molecular weight is 301 g/mol. The Balaban J connectivity index is 1.80. The molecule has 0 bridgehead atoms. The molecule has 0 saturated heterocycles. The number of hydrogen-bond acceptors (Lipinski definition) is 3. The van der Waals surface area contributed by atoms with Crippen molar-refractivity contribution in [3.63, 3.8) is 0 Å². The lowest BCUT2D eigenvalue weighted by molar-refractivity contribution is 0.0297. The molecule has 2 aromatic rings. The molecule has 3 rings (SSSR count). The molecule has 1 aliphatic rings. The Kier molecular flexibility index (Phi) is 4.73. The summed E-state index contributed by atoms with van der Waals surface area (Å²) in [7, 11) is 0. The van der Waals surface area contributed by atoms with E-state index in [1.807, 2.05) is 11.3 Å². The van der Waals surface area contributed by atoms with E-state index in [1.54, 1.807) is 0 Å². The molecule has 1 aromatic heterocycles. The average Bonchev–Trinajstić information content (AvgIpc) is 2.94. The van der Waals surface area contributed by atoms with Crippen LogP contribution in [0, 0.1) is 6.92 Å². The molecule has 112 valence electrons. The molecule has 0 spiro atoms. The summed E-state index contributed by atoms with van der Waals surface area (Å²) in [4.78, 5) is 2.79. The van der Waals surface area contributed by atoms with Crippen LogP contribution in [0.1, 0.15) is 46.4 Å². The van der Waals surface area contributed by atoms with Gasteiger partial charge in [-0.3, -0.25) is 0 Å². The van der Waals surface area contributed by atoms with E-state index in [0.29, 0.717) is 6.04 Å². The molecule has 2 heterocycles. The first kappa shape index (κ1) is 14.8. The minimum absolute atomic E-state index is 0.210. The lowest BCUT2D eigenvalue weighted by atomic mass is 9.93. The molecule has 0 fully saturated rings. The SMILES string of the molecule is CCNC(CC1OCCc2ccccc21)c1ccc(C)s1. The molecule has 1 aliphatic heterocycles. The van der Waals surface area contributed by atoms with Crippen molar-refractivity contribution in [1.29, 1.82) is 0 Å². The quantitative estimate of drug-likeness (QED) is 0.883. The number of ether oxygens (including phenoxy) is 1. The number of rotatable bonds is 5. The molecule has 2 unspecified atom stereocenters. The lowest BCUT2D eigenvalue weighted by Gasteiger charge is -2.29. The summed E-state index contributed by atoms with van der Waals surface area (Å²) >= 11 is 1.89. The second kappa shape index (κ2) is 6.73. The number of benzene rings is 1. The van der Waals surface area contributed by atoms with Gasteiger partial charge in [-0.2, -0.15) is 0 Å². The zero-order valence-corrected chi connectivity index (χ0v) is 13.6. The first-order chi connectivity index (χ1) is 10.3. The molecule has 0 amide bonds. The Bertz CT molecular complexity index is 592. The second-order valence-corrected chi connectivity index (χ2v) is 6.92. The third kappa shape index (κ3) is 3.37. The highest BCUT2D eigenvalue weighted by atomic mass is 32.1. The van der Waals surface area contributed by atoms with Crippen molar-refractivity contribution in [3.8, 4) is 0 Å². The Morgan fingerprint density at radius 2 is 2.14 bits per heavy atom. The predicted molar refractivity (Wildman–Crippen MR) is 88.9 cm³/mol. The fourth-order valence-electron chi connectivity index (χ4n) is 3.07. The minimum atomic E-state index is 0.210. The summed E-state index contributed by atoms with van der Waals surface area (Å²) in [5, 5.41) is 3.62. The number of nitrogens with one attached hydrogen (secondary N) is 1. The van der Waals surface area contributed by atoms with Crippen molar-refractivity contribution >= 4 is 11.3 Å². The Labute approximate surface area is 131 Å². The van der Waals surface area contributed by atoms with Crippen molar-refractivity contribution in [2.75, 3.05) is 13.2 Å². The fourth-order valence-corrected chi connectivity index (χ4v) is 4.04. The predicted octanol–water partition coefficient (Wildman–Crippen LogP) is 4.41. The normalized spacial score (nSPS) is 19.2. The van der Waals surface area contributed by atoms with E-state index >= 15 is 0 Å². The molecule has 3 heteroatoms. The van der Waals surface area contributed by atoms with Gasteiger partial charge in [-0.05, 0) is 49.6 Å². The van der Waals surface area contributed by atoms with E-state index in [-0.39, 0.29) is 6.10 Å². The maximum absolute atomic E-state index is 6.07. The molecule has 2 nitrogen and oxygen atoms in total. The van der Waals surface area contributed by atoms with Gasteiger partial charge in [0.25, 0.3) is 0 Å². The van der Waals surface area contributed by atoms with Gasteiger partial charge < -0.3 is 10.1 Å². The first-order valence-corrected chi connectivity index (χ1v) is 8.58. The van der Waals surface area contributed by atoms with Crippen LogP contribution in [-0.4, -0.2) is 13.2 Å². The lowest BCUT2D eigenvalue weighted by Crippen LogP contribution is -2.25. The van der Waals surface area contributed by atoms with Gasteiger partial charge in [0.2, 0.25) is 0 Å². The molecular formula is C18H23NOS. The second-order valence-electron chi connectivity index (χ2n) is 5.60. The third-order valence-electron chi connectivity index (χ3n) is 4.10. The van der Waals surface area contributed by atoms with Crippen molar-refractivity contribution in [1.82, 2.24) is 5.32 Å². The standard InChI is InChI=1S/C18H23NOS/c1-3-19-16(18-9-8-13(2)21-18)12-17-15-7-5-4-6-14(15)10-11-20-17/h4-9,16-17,19H,3,10-12H2,1-2H3. The van der Waals surface area contributed by atoms with Gasteiger partial charge in [-0.25, -0.2) is 0 Å².